The van der Waals surface area contributed by atoms with Crippen molar-refractivity contribution in [2.45, 2.75) is 57.6 Å². The molecule has 0 aromatic heterocycles. The van der Waals surface area contributed by atoms with E-state index in [1.807, 2.05) is 12.1 Å². The van der Waals surface area contributed by atoms with E-state index in [1.165, 1.54) is 0 Å². The number of nitrogens with zero attached hydrogens (tertiary/aromatic N) is 1. The summed E-state index contributed by atoms with van der Waals surface area (Å²) in [5.41, 5.74) is -0.878. The molecule has 0 saturated carbocycles. The molecule has 1 aliphatic heterocycles. The van der Waals surface area contributed by atoms with Crippen LogP contribution in [0.4, 0.5) is 4.79 Å². The molecule has 2 unspecified atom stereocenters. The number of urea groups is 1. The molecule has 7 heteroatoms. The Morgan fingerprint density at radius 2 is 1.92 bits per heavy atom. The average molecular weight is 427 g/mol. The summed E-state index contributed by atoms with van der Waals surface area (Å²) >= 11 is 3.34. The maximum atomic E-state index is 12.6. The fourth-order valence-electron chi connectivity index (χ4n) is 2.97. The summed E-state index contributed by atoms with van der Waals surface area (Å²) in [5, 5.41) is 12.9. The first-order valence-electron chi connectivity index (χ1n) is 9.06. The van der Waals surface area contributed by atoms with E-state index in [9.17, 15) is 14.7 Å². The van der Waals surface area contributed by atoms with E-state index in [1.54, 1.807) is 19.1 Å². The van der Waals surface area contributed by atoms with Gasteiger partial charge < -0.3 is 15.2 Å². The van der Waals surface area contributed by atoms with E-state index in [0.29, 0.717) is 12.2 Å². The van der Waals surface area contributed by atoms with Gasteiger partial charge in [0.25, 0.3) is 5.91 Å². The van der Waals surface area contributed by atoms with Crippen molar-refractivity contribution in [1.29, 1.82) is 0 Å². The summed E-state index contributed by atoms with van der Waals surface area (Å²) in [6, 6.07) is 6.78. The van der Waals surface area contributed by atoms with Crippen molar-refractivity contribution < 1.29 is 19.4 Å². The van der Waals surface area contributed by atoms with Gasteiger partial charge in [-0.15, -0.1) is 0 Å². The second-order valence-corrected chi connectivity index (χ2v) is 7.82. The number of imide groups is 1. The number of halogens is 1. The first-order chi connectivity index (χ1) is 12.4. The predicted octanol–water partition coefficient (Wildman–Crippen LogP) is 3.47. The smallest absolute Gasteiger partial charge is 0.325 e. The van der Waals surface area contributed by atoms with E-state index in [4.69, 9.17) is 4.74 Å². The van der Waals surface area contributed by atoms with Crippen molar-refractivity contribution in [3.63, 3.8) is 0 Å². The Bertz CT molecular complexity index is 622. The monoisotopic (exact) mass is 426 g/mol. The number of carbonyl (C=O) groups excluding carboxylic acids is 2. The molecule has 1 fully saturated rings. The molecular formula is C19H27BrN2O4. The van der Waals surface area contributed by atoms with Gasteiger partial charge in [0, 0.05) is 4.47 Å². The zero-order chi connectivity index (χ0) is 19.2. The fraction of sp³-hybridized carbons (Fsp3) is 0.579. The molecule has 144 valence electrons. The van der Waals surface area contributed by atoms with E-state index in [2.05, 4.69) is 28.2 Å². The Hall–Kier alpha value is -1.60. The number of ether oxygens (including phenoxy) is 1. The highest BCUT2D eigenvalue weighted by Gasteiger charge is 2.47. The van der Waals surface area contributed by atoms with Gasteiger partial charge in [-0.1, -0.05) is 48.5 Å². The summed E-state index contributed by atoms with van der Waals surface area (Å²) in [6.07, 6.45) is 3.83. The third-order valence-corrected chi connectivity index (χ3v) is 5.05. The van der Waals surface area contributed by atoms with Crippen LogP contribution in [0.5, 0.6) is 5.75 Å². The maximum absolute atomic E-state index is 12.6. The molecule has 0 spiro atoms. The zero-order valence-electron chi connectivity index (χ0n) is 15.3. The van der Waals surface area contributed by atoms with E-state index in [0.717, 1.165) is 35.1 Å². The van der Waals surface area contributed by atoms with Crippen molar-refractivity contribution in [2.75, 3.05) is 13.2 Å². The molecule has 26 heavy (non-hydrogen) atoms. The second kappa shape index (κ2) is 9.37. The van der Waals surface area contributed by atoms with Gasteiger partial charge in [-0.2, -0.15) is 0 Å². The number of amides is 3. The van der Waals surface area contributed by atoms with Crippen LogP contribution < -0.4 is 10.1 Å². The lowest BCUT2D eigenvalue weighted by Gasteiger charge is -2.22. The summed E-state index contributed by atoms with van der Waals surface area (Å²) in [5.74, 6) is 0.340. The van der Waals surface area contributed by atoms with Crippen LogP contribution in [0, 0.1) is 0 Å². The molecule has 1 saturated heterocycles. The molecule has 2 N–H and O–H groups in total. The van der Waals surface area contributed by atoms with E-state index in [-0.39, 0.29) is 19.1 Å². The first-order valence-corrected chi connectivity index (χ1v) is 9.85. The molecule has 0 aliphatic carbocycles. The Balaban J connectivity index is 1.84. The number of benzene rings is 1. The van der Waals surface area contributed by atoms with Gasteiger partial charge in [-0.05, 0) is 37.6 Å². The highest BCUT2D eigenvalue weighted by Crippen LogP contribution is 2.24. The molecule has 1 aliphatic rings. The Labute approximate surface area is 163 Å². The van der Waals surface area contributed by atoms with Gasteiger partial charge >= 0.3 is 6.03 Å². The van der Waals surface area contributed by atoms with Crippen molar-refractivity contribution in [3.8, 4) is 5.75 Å². The third kappa shape index (κ3) is 5.45. The lowest BCUT2D eigenvalue weighted by Crippen LogP contribution is -2.45. The van der Waals surface area contributed by atoms with Crippen LogP contribution in [-0.2, 0) is 4.79 Å². The number of nitrogens with one attached hydrogen (secondary N) is 1. The molecule has 1 aromatic rings. The number of hydrogen-bond acceptors (Lipinski definition) is 4. The van der Waals surface area contributed by atoms with Crippen LogP contribution in [0.2, 0.25) is 0 Å². The lowest BCUT2D eigenvalue weighted by atomic mass is 9.94. The predicted molar refractivity (Wildman–Crippen MR) is 103 cm³/mol. The average Bonchev–Trinajstić information content (AvgIpc) is 2.82. The number of unbranched alkanes of at least 4 members (excludes halogenated alkanes) is 3. The van der Waals surface area contributed by atoms with Gasteiger partial charge in [-0.3, -0.25) is 9.69 Å². The van der Waals surface area contributed by atoms with Gasteiger partial charge in [0.1, 0.15) is 24.0 Å². The minimum absolute atomic E-state index is 0.00586. The van der Waals surface area contributed by atoms with Gasteiger partial charge in [0.15, 0.2) is 0 Å². The molecule has 2 atom stereocenters. The highest BCUT2D eigenvalue weighted by molar-refractivity contribution is 9.10. The molecule has 1 aromatic carbocycles. The molecule has 1 heterocycles. The van der Waals surface area contributed by atoms with Crippen molar-refractivity contribution in [3.05, 3.63) is 28.7 Å². The molecular weight excluding hydrogens is 400 g/mol. The van der Waals surface area contributed by atoms with Crippen LogP contribution >= 0.6 is 15.9 Å². The molecule has 0 radical (unpaired) electrons. The number of aliphatic hydroxyl groups is 1. The Morgan fingerprint density at radius 1 is 1.23 bits per heavy atom. The van der Waals surface area contributed by atoms with E-state index < -0.39 is 17.7 Å². The SMILES string of the molecule is CCCCCCC1(C)NC(=O)N(CC(O)COc2ccc(Br)cc2)C1=O. The summed E-state index contributed by atoms with van der Waals surface area (Å²) in [4.78, 5) is 25.9. The van der Waals surface area contributed by atoms with Gasteiger partial charge in [0.2, 0.25) is 0 Å². The van der Waals surface area contributed by atoms with Crippen molar-refractivity contribution >= 4 is 27.9 Å². The maximum Gasteiger partial charge on any atom is 0.325 e. The van der Waals surface area contributed by atoms with E-state index >= 15 is 0 Å². The summed E-state index contributed by atoms with van der Waals surface area (Å²) in [7, 11) is 0. The second-order valence-electron chi connectivity index (χ2n) is 6.91. The quantitative estimate of drug-likeness (QED) is 0.443. The standard InChI is InChI=1S/C19H27BrN2O4/c1-3-4-5-6-11-19(2)17(24)22(18(25)21-19)12-15(23)13-26-16-9-7-14(20)8-10-16/h7-10,15,23H,3-6,11-13H2,1-2H3,(H,21,25). The lowest BCUT2D eigenvalue weighted by molar-refractivity contribution is -0.132. The van der Waals surface area contributed by atoms with Crippen LogP contribution in [0.25, 0.3) is 0 Å². The molecule has 0 bridgehead atoms. The molecule has 3 amide bonds. The largest absolute Gasteiger partial charge is 0.491 e. The number of hydrogen-bond donors (Lipinski definition) is 2. The van der Waals surface area contributed by atoms with Crippen molar-refractivity contribution in [1.82, 2.24) is 10.2 Å². The minimum atomic E-state index is -0.948. The van der Waals surface area contributed by atoms with Crippen molar-refractivity contribution in [2.24, 2.45) is 0 Å². The van der Waals surface area contributed by atoms with Crippen LogP contribution in [-0.4, -0.2) is 46.7 Å². The third-order valence-electron chi connectivity index (χ3n) is 4.52. The summed E-state index contributed by atoms with van der Waals surface area (Å²) < 4.78 is 6.44. The number of aliphatic hydroxyl groups excluding tert-OH is 1. The van der Waals surface area contributed by atoms with Crippen LogP contribution in [0.3, 0.4) is 0 Å². The Kier molecular flexibility index (Phi) is 7.46. The zero-order valence-corrected chi connectivity index (χ0v) is 16.9. The minimum Gasteiger partial charge on any atom is -0.491 e. The fourth-order valence-corrected chi connectivity index (χ4v) is 3.24. The molecule has 6 nitrogen and oxygen atoms in total. The number of β-amino-alcohol motifs (C(OH)–C–C–N with tert-alkyl or cyclic N) is 1. The van der Waals surface area contributed by atoms with Gasteiger partial charge in [0.05, 0.1) is 6.54 Å². The normalized spacial score (nSPS) is 21.0. The highest BCUT2D eigenvalue weighted by atomic mass is 79.9. The number of rotatable bonds is 10. The van der Waals surface area contributed by atoms with Crippen LogP contribution in [0.15, 0.2) is 28.7 Å². The topological polar surface area (TPSA) is 78.9 Å². The number of carbonyl (C=O) groups is 2. The molecule has 2 rings (SSSR count). The van der Waals surface area contributed by atoms with Gasteiger partial charge in [-0.25, -0.2) is 4.79 Å². The first kappa shape index (κ1) is 20.7. The summed E-state index contributed by atoms with van der Waals surface area (Å²) in [6.45, 7) is 3.81. The van der Waals surface area contributed by atoms with Crippen LogP contribution in [0.1, 0.15) is 46.0 Å². The Morgan fingerprint density at radius 3 is 2.58 bits per heavy atom.